The van der Waals surface area contributed by atoms with Gasteiger partial charge in [0, 0.05) is 40.0 Å². The molecule has 0 amide bonds. The maximum Gasteiger partial charge on any atom is 0.128 e. The van der Waals surface area contributed by atoms with E-state index in [9.17, 15) is 13.0 Å². The molecule has 0 aromatic heterocycles. The molecule has 0 bridgehead atoms. The summed E-state index contributed by atoms with van der Waals surface area (Å²) >= 11 is 0. The second kappa shape index (κ2) is 4.59. The lowest BCUT2D eigenvalue weighted by molar-refractivity contribution is 0.503. The van der Waals surface area contributed by atoms with Gasteiger partial charge in [-0.25, -0.2) is 8.78 Å². The van der Waals surface area contributed by atoms with Crippen LogP contribution in [-0.4, -0.2) is 21.8 Å². The van der Waals surface area contributed by atoms with Crippen molar-refractivity contribution in [3.8, 4) is 0 Å². The number of hydrogen-bond acceptors (Lipinski definition) is 2. The lowest BCUT2D eigenvalue weighted by Crippen LogP contribution is -2.41. The highest BCUT2D eigenvalue weighted by Gasteiger charge is 2.26. The Bertz CT molecular complexity index is 424. The third-order valence-electron chi connectivity index (χ3n) is 2.76. The summed E-state index contributed by atoms with van der Waals surface area (Å²) in [6.45, 7) is 2.44. The Morgan fingerprint density at radius 3 is 2.88 bits per heavy atom. The van der Waals surface area contributed by atoms with Crippen LogP contribution in [0.1, 0.15) is 18.5 Å². The van der Waals surface area contributed by atoms with Crippen LogP contribution < -0.4 is 5.32 Å². The predicted molar refractivity (Wildman–Crippen MR) is 59.6 cm³/mol. The molecule has 0 aliphatic carbocycles. The van der Waals surface area contributed by atoms with E-state index in [0.717, 1.165) is 12.1 Å². The van der Waals surface area contributed by atoms with Crippen LogP contribution in [0.4, 0.5) is 8.78 Å². The van der Waals surface area contributed by atoms with Crippen molar-refractivity contribution in [2.45, 2.75) is 18.2 Å². The van der Waals surface area contributed by atoms with E-state index in [0.29, 0.717) is 12.3 Å². The third kappa shape index (κ3) is 2.30. The molecule has 3 unspecified atom stereocenters. The first-order valence-electron chi connectivity index (χ1n) is 5.13. The molecular formula is C11H13F2NOS. The molecule has 1 aromatic carbocycles. The highest BCUT2D eigenvalue weighted by atomic mass is 32.2. The number of rotatable bonds is 1. The SMILES string of the molecule is CC1CNC(c2cc(F)ccc2F)CS1=O. The summed E-state index contributed by atoms with van der Waals surface area (Å²) in [5.41, 5.74) is 0.264. The van der Waals surface area contributed by atoms with Crippen LogP contribution in [0.5, 0.6) is 0 Å². The molecule has 3 atom stereocenters. The van der Waals surface area contributed by atoms with Gasteiger partial charge in [0.25, 0.3) is 0 Å². The fourth-order valence-corrected chi connectivity index (χ4v) is 3.01. The Hall–Kier alpha value is -0.810. The summed E-state index contributed by atoms with van der Waals surface area (Å²) in [5.74, 6) is -0.588. The van der Waals surface area contributed by atoms with Gasteiger partial charge >= 0.3 is 0 Å². The van der Waals surface area contributed by atoms with Gasteiger partial charge in [0.15, 0.2) is 0 Å². The molecular weight excluding hydrogens is 232 g/mol. The van der Waals surface area contributed by atoms with Crippen molar-refractivity contribution in [2.24, 2.45) is 0 Å². The fraction of sp³-hybridized carbons (Fsp3) is 0.455. The number of hydrogen-bond donors (Lipinski definition) is 1. The molecule has 5 heteroatoms. The molecule has 2 nitrogen and oxygen atoms in total. The van der Waals surface area contributed by atoms with Crippen molar-refractivity contribution in [1.29, 1.82) is 0 Å². The van der Waals surface area contributed by atoms with E-state index >= 15 is 0 Å². The van der Waals surface area contributed by atoms with Gasteiger partial charge in [-0.3, -0.25) is 4.21 Å². The molecule has 88 valence electrons. The van der Waals surface area contributed by atoms with Crippen molar-refractivity contribution < 1.29 is 13.0 Å². The molecule has 1 saturated heterocycles. The average Bonchev–Trinajstić information content (AvgIpc) is 2.26. The van der Waals surface area contributed by atoms with Crippen molar-refractivity contribution in [3.05, 3.63) is 35.4 Å². The van der Waals surface area contributed by atoms with Crippen LogP contribution in [0.2, 0.25) is 0 Å². The quantitative estimate of drug-likeness (QED) is 0.816. The zero-order valence-corrected chi connectivity index (χ0v) is 9.69. The van der Waals surface area contributed by atoms with E-state index in [-0.39, 0.29) is 16.9 Å². The highest BCUT2D eigenvalue weighted by molar-refractivity contribution is 7.85. The van der Waals surface area contributed by atoms with Crippen molar-refractivity contribution >= 4 is 10.8 Å². The molecule has 1 aliphatic rings. The first-order valence-corrected chi connectivity index (χ1v) is 6.51. The van der Waals surface area contributed by atoms with E-state index in [1.54, 1.807) is 0 Å². The molecule has 0 saturated carbocycles. The van der Waals surface area contributed by atoms with E-state index in [4.69, 9.17) is 0 Å². The second-order valence-corrected chi connectivity index (χ2v) is 5.88. The largest absolute Gasteiger partial charge is 0.308 e. The molecule has 16 heavy (non-hydrogen) atoms. The monoisotopic (exact) mass is 245 g/mol. The summed E-state index contributed by atoms with van der Waals surface area (Å²) in [6, 6.07) is 3.00. The van der Waals surface area contributed by atoms with Gasteiger partial charge in [0.05, 0.1) is 0 Å². The standard InChI is InChI=1S/C11H13F2NOS/c1-7-5-14-11(6-16(7)15)9-4-8(12)2-3-10(9)13/h2-4,7,11,14H,5-6H2,1H3. The van der Waals surface area contributed by atoms with Crippen molar-refractivity contribution in [3.63, 3.8) is 0 Å². The van der Waals surface area contributed by atoms with Gasteiger partial charge in [0.2, 0.25) is 0 Å². The van der Waals surface area contributed by atoms with Crippen LogP contribution in [0.25, 0.3) is 0 Å². The van der Waals surface area contributed by atoms with Crippen LogP contribution in [0.3, 0.4) is 0 Å². The lowest BCUT2D eigenvalue weighted by atomic mass is 10.1. The zero-order valence-electron chi connectivity index (χ0n) is 8.87. The first kappa shape index (κ1) is 11.7. The maximum atomic E-state index is 13.5. The van der Waals surface area contributed by atoms with Gasteiger partial charge in [-0.15, -0.1) is 0 Å². The van der Waals surface area contributed by atoms with Crippen molar-refractivity contribution in [1.82, 2.24) is 5.32 Å². The lowest BCUT2D eigenvalue weighted by Gasteiger charge is -2.27. The van der Waals surface area contributed by atoms with Crippen molar-refractivity contribution in [2.75, 3.05) is 12.3 Å². The minimum atomic E-state index is -0.982. The molecule has 1 aromatic rings. The highest BCUT2D eigenvalue weighted by Crippen LogP contribution is 2.22. The second-order valence-electron chi connectivity index (χ2n) is 3.98. The number of nitrogens with one attached hydrogen (secondary N) is 1. The maximum absolute atomic E-state index is 13.5. The predicted octanol–water partition coefficient (Wildman–Crippen LogP) is 1.75. The van der Waals surface area contributed by atoms with Gasteiger partial charge in [-0.1, -0.05) is 0 Å². The summed E-state index contributed by atoms with van der Waals surface area (Å²) in [6.07, 6.45) is 0. The summed E-state index contributed by atoms with van der Waals surface area (Å²) in [5, 5.41) is 3.15. The van der Waals surface area contributed by atoms with Crippen LogP contribution in [0, 0.1) is 11.6 Å². The molecule has 2 rings (SSSR count). The van der Waals surface area contributed by atoms with Crippen LogP contribution in [-0.2, 0) is 10.8 Å². The van der Waals surface area contributed by atoms with Gasteiger partial charge < -0.3 is 5.32 Å². The van der Waals surface area contributed by atoms with Crippen LogP contribution >= 0.6 is 0 Å². The molecule has 1 fully saturated rings. The topological polar surface area (TPSA) is 29.1 Å². The Morgan fingerprint density at radius 2 is 2.19 bits per heavy atom. The molecule has 1 N–H and O–H groups in total. The minimum Gasteiger partial charge on any atom is -0.308 e. The van der Waals surface area contributed by atoms with E-state index in [2.05, 4.69) is 5.32 Å². The fourth-order valence-electron chi connectivity index (χ4n) is 1.77. The number of benzene rings is 1. The molecule has 0 spiro atoms. The Labute approximate surface area is 95.5 Å². The molecule has 1 heterocycles. The summed E-state index contributed by atoms with van der Waals surface area (Å²) < 4.78 is 38.1. The summed E-state index contributed by atoms with van der Waals surface area (Å²) in [4.78, 5) is 0. The van der Waals surface area contributed by atoms with Gasteiger partial charge in [-0.2, -0.15) is 0 Å². The molecule has 1 aliphatic heterocycles. The van der Waals surface area contributed by atoms with Gasteiger partial charge in [-0.05, 0) is 25.1 Å². The Balaban J connectivity index is 2.24. The zero-order chi connectivity index (χ0) is 11.7. The molecule has 0 radical (unpaired) electrons. The Morgan fingerprint density at radius 1 is 1.44 bits per heavy atom. The van der Waals surface area contributed by atoms with E-state index in [1.165, 1.54) is 6.07 Å². The first-order chi connectivity index (χ1) is 7.58. The number of halogens is 2. The summed E-state index contributed by atoms with van der Waals surface area (Å²) in [7, 11) is -0.982. The van der Waals surface area contributed by atoms with E-state index < -0.39 is 22.4 Å². The third-order valence-corrected chi connectivity index (χ3v) is 4.49. The van der Waals surface area contributed by atoms with Gasteiger partial charge in [0.1, 0.15) is 11.6 Å². The minimum absolute atomic E-state index is 0.0628. The van der Waals surface area contributed by atoms with Crippen LogP contribution in [0.15, 0.2) is 18.2 Å². The average molecular weight is 245 g/mol. The smallest absolute Gasteiger partial charge is 0.128 e. The normalized spacial score (nSPS) is 30.3. The van der Waals surface area contributed by atoms with E-state index in [1.807, 2.05) is 6.92 Å². The Kier molecular flexibility index (Phi) is 3.35.